The summed E-state index contributed by atoms with van der Waals surface area (Å²) in [6.45, 7) is 2.85. The van der Waals surface area contributed by atoms with Gasteiger partial charge < -0.3 is 15.8 Å². The van der Waals surface area contributed by atoms with Gasteiger partial charge in [0.25, 0.3) is 0 Å². The Morgan fingerprint density at radius 2 is 2.37 bits per heavy atom. The zero-order valence-corrected chi connectivity index (χ0v) is 11.7. The smallest absolute Gasteiger partial charge is 0.227 e. The third kappa shape index (κ3) is 3.93. The van der Waals surface area contributed by atoms with E-state index in [0.717, 1.165) is 12.0 Å². The Morgan fingerprint density at radius 1 is 1.58 bits per heavy atom. The summed E-state index contributed by atoms with van der Waals surface area (Å²) in [6, 6.07) is 7.50. The van der Waals surface area contributed by atoms with Crippen molar-refractivity contribution in [2.45, 2.75) is 25.4 Å². The average molecular weight is 283 g/mol. The summed E-state index contributed by atoms with van der Waals surface area (Å²) in [5.41, 5.74) is 6.93. The molecule has 0 radical (unpaired) electrons. The van der Waals surface area contributed by atoms with E-state index < -0.39 is 0 Å². The maximum atomic E-state index is 12.0. The molecular weight excluding hydrogens is 264 g/mol. The number of nitrogens with one attached hydrogen (secondary N) is 1. The number of carbonyl (C=O) groups excluding carboxylic acids is 1. The molecule has 4 nitrogen and oxygen atoms in total. The summed E-state index contributed by atoms with van der Waals surface area (Å²) < 4.78 is 5.20. The van der Waals surface area contributed by atoms with Gasteiger partial charge in [0, 0.05) is 17.1 Å². The first-order valence-corrected chi connectivity index (χ1v) is 6.82. The van der Waals surface area contributed by atoms with Gasteiger partial charge in [0.1, 0.15) is 0 Å². The molecule has 1 saturated heterocycles. The molecular formula is C14H19ClN2O2. The van der Waals surface area contributed by atoms with Crippen molar-refractivity contribution in [3.8, 4) is 0 Å². The predicted molar refractivity (Wildman–Crippen MR) is 75.0 cm³/mol. The number of benzene rings is 1. The van der Waals surface area contributed by atoms with Crippen molar-refractivity contribution >= 4 is 17.5 Å². The van der Waals surface area contributed by atoms with E-state index in [0.29, 0.717) is 18.2 Å². The molecule has 3 unspecified atom stereocenters. The van der Waals surface area contributed by atoms with Crippen LogP contribution < -0.4 is 11.1 Å². The molecule has 1 aliphatic rings. The normalized spacial score (nSPS) is 24.2. The van der Waals surface area contributed by atoms with E-state index in [1.807, 2.05) is 31.2 Å². The van der Waals surface area contributed by atoms with Crippen LogP contribution in [0.5, 0.6) is 0 Å². The lowest BCUT2D eigenvalue weighted by atomic mass is 10.0. The predicted octanol–water partition coefficient (Wildman–Crippen LogP) is 1.36. The van der Waals surface area contributed by atoms with Gasteiger partial charge in [0.15, 0.2) is 0 Å². The first kappa shape index (κ1) is 14.3. The lowest BCUT2D eigenvalue weighted by Crippen LogP contribution is -2.44. The zero-order chi connectivity index (χ0) is 13.8. The van der Waals surface area contributed by atoms with Crippen molar-refractivity contribution < 1.29 is 9.53 Å². The second-order valence-electron chi connectivity index (χ2n) is 5.05. The highest BCUT2D eigenvalue weighted by atomic mass is 35.5. The van der Waals surface area contributed by atoms with E-state index >= 15 is 0 Å². The second-order valence-corrected chi connectivity index (χ2v) is 5.49. The van der Waals surface area contributed by atoms with Crippen LogP contribution in [0.15, 0.2) is 24.3 Å². The maximum absolute atomic E-state index is 12.0. The van der Waals surface area contributed by atoms with Crippen molar-refractivity contribution in [1.29, 1.82) is 0 Å². The first-order valence-electron chi connectivity index (χ1n) is 6.44. The van der Waals surface area contributed by atoms with Crippen LogP contribution >= 0.6 is 11.6 Å². The van der Waals surface area contributed by atoms with Crippen LogP contribution in [0.2, 0.25) is 5.02 Å². The summed E-state index contributed by atoms with van der Waals surface area (Å²) >= 11 is 5.94. The number of carbonyl (C=O) groups is 1. The highest BCUT2D eigenvalue weighted by Crippen LogP contribution is 2.14. The van der Waals surface area contributed by atoms with E-state index in [-0.39, 0.29) is 23.9 Å². The Hall–Kier alpha value is -1.10. The molecule has 1 amide bonds. The lowest BCUT2D eigenvalue weighted by Gasteiger charge is -2.18. The molecule has 1 aromatic rings. The van der Waals surface area contributed by atoms with Crippen molar-refractivity contribution in [2.75, 3.05) is 13.2 Å². The monoisotopic (exact) mass is 282 g/mol. The van der Waals surface area contributed by atoms with Gasteiger partial charge in [-0.3, -0.25) is 4.79 Å². The number of hydrogen-bond donors (Lipinski definition) is 2. The maximum Gasteiger partial charge on any atom is 0.227 e. The largest absolute Gasteiger partial charge is 0.379 e. The first-order chi connectivity index (χ1) is 9.06. The van der Waals surface area contributed by atoms with Gasteiger partial charge in [-0.15, -0.1) is 0 Å². The second kappa shape index (κ2) is 6.37. The molecule has 104 valence electrons. The summed E-state index contributed by atoms with van der Waals surface area (Å²) in [5, 5.41) is 3.69. The molecule has 0 aromatic heterocycles. The van der Waals surface area contributed by atoms with Crippen molar-refractivity contribution in [1.82, 2.24) is 5.32 Å². The van der Waals surface area contributed by atoms with Gasteiger partial charge in [-0.25, -0.2) is 0 Å². The van der Waals surface area contributed by atoms with Crippen LogP contribution in [0.1, 0.15) is 12.5 Å². The molecule has 0 spiro atoms. The zero-order valence-electron chi connectivity index (χ0n) is 10.9. The van der Waals surface area contributed by atoms with Crippen LogP contribution in [0.3, 0.4) is 0 Å². The molecule has 1 fully saturated rings. The minimum atomic E-state index is -0.234. The lowest BCUT2D eigenvalue weighted by molar-refractivity contribution is -0.125. The van der Waals surface area contributed by atoms with E-state index in [1.54, 1.807) is 0 Å². The fourth-order valence-electron chi connectivity index (χ4n) is 2.26. The van der Waals surface area contributed by atoms with Crippen LogP contribution in [-0.4, -0.2) is 31.2 Å². The third-order valence-corrected chi connectivity index (χ3v) is 3.52. The summed E-state index contributed by atoms with van der Waals surface area (Å²) in [7, 11) is 0. The number of ether oxygens (including phenoxy) is 1. The van der Waals surface area contributed by atoms with Crippen molar-refractivity contribution in [2.24, 2.45) is 11.7 Å². The van der Waals surface area contributed by atoms with Gasteiger partial charge in [-0.1, -0.05) is 23.7 Å². The number of rotatable bonds is 4. The van der Waals surface area contributed by atoms with Crippen LogP contribution in [0, 0.1) is 5.92 Å². The van der Waals surface area contributed by atoms with Gasteiger partial charge in [-0.05, 0) is 31.0 Å². The molecule has 1 heterocycles. The van der Waals surface area contributed by atoms with Crippen molar-refractivity contribution in [3.05, 3.63) is 34.9 Å². The van der Waals surface area contributed by atoms with E-state index in [2.05, 4.69) is 5.32 Å². The highest BCUT2D eigenvalue weighted by molar-refractivity contribution is 6.30. The number of halogens is 1. The summed E-state index contributed by atoms with van der Waals surface area (Å²) in [4.78, 5) is 12.0. The quantitative estimate of drug-likeness (QED) is 0.876. The molecule has 1 aliphatic heterocycles. The molecule has 5 heteroatoms. The summed E-state index contributed by atoms with van der Waals surface area (Å²) in [5.74, 6) is -0.263. The Bertz CT molecular complexity index is 453. The fourth-order valence-corrected chi connectivity index (χ4v) is 2.47. The van der Waals surface area contributed by atoms with Gasteiger partial charge in [0.2, 0.25) is 5.91 Å². The molecule has 1 aromatic carbocycles. The molecule has 0 saturated carbocycles. The Kier molecular flexibility index (Phi) is 4.80. The van der Waals surface area contributed by atoms with E-state index in [4.69, 9.17) is 22.1 Å². The Balaban J connectivity index is 1.87. The fraction of sp³-hybridized carbons (Fsp3) is 0.500. The third-order valence-electron chi connectivity index (χ3n) is 3.28. The van der Waals surface area contributed by atoms with Crippen LogP contribution in [0.4, 0.5) is 0 Å². The van der Waals surface area contributed by atoms with Gasteiger partial charge >= 0.3 is 0 Å². The number of nitrogens with two attached hydrogens (primary N) is 1. The minimum Gasteiger partial charge on any atom is -0.379 e. The SMILES string of the molecule is CC(Cc1cccc(Cl)c1)NC(=O)C1COCC1N. The number of amides is 1. The van der Waals surface area contributed by atoms with E-state index in [1.165, 1.54) is 0 Å². The Morgan fingerprint density at radius 3 is 3.00 bits per heavy atom. The molecule has 19 heavy (non-hydrogen) atoms. The molecule has 0 aliphatic carbocycles. The van der Waals surface area contributed by atoms with Gasteiger partial charge in [0.05, 0.1) is 19.1 Å². The standard InChI is InChI=1S/C14H19ClN2O2/c1-9(5-10-3-2-4-11(15)6-10)17-14(18)12-7-19-8-13(12)16/h2-4,6,9,12-13H,5,7-8,16H2,1H3,(H,17,18). The number of hydrogen-bond acceptors (Lipinski definition) is 3. The molecule has 3 atom stereocenters. The molecule has 2 rings (SSSR count). The van der Waals surface area contributed by atoms with Crippen LogP contribution in [-0.2, 0) is 16.0 Å². The molecule has 0 bridgehead atoms. The van der Waals surface area contributed by atoms with Crippen LogP contribution in [0.25, 0.3) is 0 Å². The topological polar surface area (TPSA) is 64.3 Å². The van der Waals surface area contributed by atoms with E-state index in [9.17, 15) is 4.79 Å². The highest BCUT2D eigenvalue weighted by Gasteiger charge is 2.31. The van der Waals surface area contributed by atoms with Crippen molar-refractivity contribution in [3.63, 3.8) is 0 Å². The molecule has 3 N–H and O–H groups in total. The summed E-state index contributed by atoms with van der Waals surface area (Å²) in [6.07, 6.45) is 0.745. The average Bonchev–Trinajstić information content (AvgIpc) is 2.75. The minimum absolute atomic E-state index is 0.0282. The Labute approximate surface area is 118 Å². The van der Waals surface area contributed by atoms with Gasteiger partial charge in [-0.2, -0.15) is 0 Å².